The van der Waals surface area contributed by atoms with Gasteiger partial charge in [-0.1, -0.05) is 35.6 Å². The zero-order valence-electron chi connectivity index (χ0n) is 20.8. The maximum absolute atomic E-state index is 10.5. The molecule has 0 atom stereocenters. The van der Waals surface area contributed by atoms with Crippen molar-refractivity contribution in [2.75, 3.05) is 73.6 Å². The molecule has 10 nitrogen and oxygen atoms in total. The van der Waals surface area contributed by atoms with E-state index in [4.69, 9.17) is 4.74 Å². The van der Waals surface area contributed by atoms with E-state index in [1.165, 1.54) is 18.5 Å². The third kappa shape index (κ3) is 14.8. The first-order valence-corrected chi connectivity index (χ1v) is 11.6. The Bertz CT molecular complexity index is 542. The standard InChI is InChI=1S/C6H13NO.C5H7NO2.C5H9NO.C4H8N2O.C2H6.2CH4/c1-2-7-3-5-8-6-4-7;1-6-4(7)2-3-5(6)8;1-6-4-2-3-5(6)7;1-6-3-2-5-4(6)7;1-2;;/h2-6H2,1H3;2-3H2,1H3;2-4H2,1H3;2-3H2,1H3,(H,5,7);1-2H3;2*1H4. The summed E-state index contributed by atoms with van der Waals surface area (Å²) in [7, 11) is 5.13. The van der Waals surface area contributed by atoms with Gasteiger partial charge in [-0.15, -0.1) is 0 Å². The average Bonchev–Trinajstić information content (AvgIpc) is 3.48. The Labute approximate surface area is 207 Å². The third-order valence-electron chi connectivity index (χ3n) is 5.23. The van der Waals surface area contributed by atoms with Crippen LogP contribution in [0.5, 0.6) is 0 Å². The molecule has 0 aromatic rings. The molecule has 4 fully saturated rings. The number of nitrogens with zero attached hydrogens (tertiary/aromatic N) is 4. The minimum Gasteiger partial charge on any atom is -0.379 e. The smallest absolute Gasteiger partial charge is 0.317 e. The molecule has 0 aromatic carbocycles. The number of morpholine rings is 1. The number of carbonyl (C=O) groups is 4. The van der Waals surface area contributed by atoms with E-state index in [0.29, 0.717) is 18.7 Å². The van der Waals surface area contributed by atoms with E-state index in [9.17, 15) is 19.2 Å². The van der Waals surface area contributed by atoms with Gasteiger partial charge in [-0.05, 0) is 13.0 Å². The molecule has 4 rings (SSSR count). The summed E-state index contributed by atoms with van der Waals surface area (Å²) in [6, 6.07) is 0.0417. The van der Waals surface area contributed by atoms with Crippen molar-refractivity contribution in [2.24, 2.45) is 0 Å². The Morgan fingerprint density at radius 2 is 1.29 bits per heavy atom. The van der Waals surface area contributed by atoms with E-state index < -0.39 is 0 Å². The maximum atomic E-state index is 10.5. The molecule has 4 aliphatic heterocycles. The molecule has 0 unspecified atom stereocenters. The van der Waals surface area contributed by atoms with Crippen LogP contribution in [0.4, 0.5) is 4.79 Å². The Balaban J connectivity index is -0.000000361. The van der Waals surface area contributed by atoms with Crippen molar-refractivity contribution in [3.63, 3.8) is 0 Å². The number of ether oxygens (including phenoxy) is 1. The van der Waals surface area contributed by atoms with Gasteiger partial charge in [-0.2, -0.15) is 0 Å². The fourth-order valence-electron chi connectivity index (χ4n) is 2.96. The van der Waals surface area contributed by atoms with Crippen molar-refractivity contribution in [1.82, 2.24) is 24.9 Å². The molecule has 5 amide bonds. The molecule has 4 saturated heterocycles. The van der Waals surface area contributed by atoms with E-state index in [1.54, 1.807) is 16.8 Å². The number of hydrogen-bond donors (Lipinski definition) is 1. The van der Waals surface area contributed by atoms with Crippen LogP contribution in [0.15, 0.2) is 0 Å². The summed E-state index contributed by atoms with van der Waals surface area (Å²) in [6.45, 7) is 14.1. The number of carbonyl (C=O) groups excluding carboxylic acids is 4. The molecule has 10 heteroatoms. The lowest BCUT2D eigenvalue weighted by Crippen LogP contribution is -2.35. The van der Waals surface area contributed by atoms with Gasteiger partial charge in [0.2, 0.25) is 17.7 Å². The molecule has 0 aromatic heterocycles. The Hall–Kier alpha value is -2.20. The van der Waals surface area contributed by atoms with E-state index >= 15 is 0 Å². The van der Waals surface area contributed by atoms with Crippen LogP contribution >= 0.6 is 0 Å². The minimum atomic E-state index is -0.0602. The van der Waals surface area contributed by atoms with Crippen LogP contribution in [0, 0.1) is 0 Å². The van der Waals surface area contributed by atoms with Crippen molar-refractivity contribution >= 4 is 23.8 Å². The highest BCUT2D eigenvalue weighted by Gasteiger charge is 2.24. The van der Waals surface area contributed by atoms with Crippen molar-refractivity contribution in [2.45, 2.75) is 61.3 Å². The molecule has 34 heavy (non-hydrogen) atoms. The summed E-state index contributed by atoms with van der Waals surface area (Å²) in [5, 5.41) is 2.66. The lowest BCUT2D eigenvalue weighted by Gasteiger charge is -2.24. The predicted molar refractivity (Wildman–Crippen MR) is 138 cm³/mol. The first-order chi connectivity index (χ1) is 15.3. The highest BCUT2D eigenvalue weighted by atomic mass is 16.5. The zero-order chi connectivity index (χ0) is 24.5. The highest BCUT2D eigenvalue weighted by Crippen LogP contribution is 2.07. The molecular weight excluding hydrogens is 438 g/mol. The van der Waals surface area contributed by atoms with Crippen LogP contribution < -0.4 is 5.32 Å². The molecule has 0 saturated carbocycles. The SMILES string of the molecule is C.C.CC.CCN1CCOCC1.CN1C(=O)CCC1=O.CN1CCCC1=O.CN1CCNC1=O. The first-order valence-electron chi connectivity index (χ1n) is 11.6. The van der Waals surface area contributed by atoms with Crippen molar-refractivity contribution in [3.05, 3.63) is 0 Å². The van der Waals surface area contributed by atoms with E-state index in [1.807, 2.05) is 20.9 Å². The second kappa shape index (κ2) is 21.3. The maximum Gasteiger partial charge on any atom is 0.317 e. The largest absolute Gasteiger partial charge is 0.379 e. The van der Waals surface area contributed by atoms with Crippen molar-refractivity contribution in [1.29, 1.82) is 0 Å². The van der Waals surface area contributed by atoms with Gasteiger partial charge in [0, 0.05) is 73.1 Å². The van der Waals surface area contributed by atoms with Gasteiger partial charge in [0.15, 0.2) is 0 Å². The number of nitrogens with one attached hydrogen (secondary N) is 1. The average molecular weight is 490 g/mol. The summed E-state index contributed by atoms with van der Waals surface area (Å²) in [5.41, 5.74) is 0. The van der Waals surface area contributed by atoms with E-state index in [2.05, 4.69) is 17.1 Å². The summed E-state index contributed by atoms with van der Waals surface area (Å²) in [4.78, 5) is 48.8. The number of amides is 5. The molecule has 0 radical (unpaired) electrons. The molecule has 1 N–H and O–H groups in total. The van der Waals surface area contributed by atoms with Crippen LogP contribution in [-0.4, -0.2) is 117 Å². The summed E-state index contributed by atoms with van der Waals surface area (Å²) >= 11 is 0. The number of likely N-dealkylation sites (N-methyl/N-ethyl adjacent to an activating group) is 2. The Kier molecular flexibility index (Phi) is 22.8. The van der Waals surface area contributed by atoms with Crippen LogP contribution in [0.2, 0.25) is 0 Å². The van der Waals surface area contributed by atoms with E-state index in [-0.39, 0.29) is 32.7 Å². The molecule has 0 bridgehead atoms. The fourth-order valence-corrected chi connectivity index (χ4v) is 2.96. The van der Waals surface area contributed by atoms with Crippen molar-refractivity contribution < 1.29 is 23.9 Å². The quantitative estimate of drug-likeness (QED) is 0.567. The number of hydrogen-bond acceptors (Lipinski definition) is 6. The number of likely N-dealkylation sites (tertiary alicyclic amines) is 2. The summed E-state index contributed by atoms with van der Waals surface area (Å²) in [6.07, 6.45) is 2.61. The van der Waals surface area contributed by atoms with Gasteiger partial charge in [-0.3, -0.25) is 24.2 Å². The van der Waals surface area contributed by atoms with Crippen LogP contribution in [0.3, 0.4) is 0 Å². The highest BCUT2D eigenvalue weighted by molar-refractivity contribution is 6.01. The normalized spacial score (nSPS) is 19.1. The minimum absolute atomic E-state index is 0. The molecule has 4 heterocycles. The van der Waals surface area contributed by atoms with Gasteiger partial charge in [-0.25, -0.2) is 4.79 Å². The fraction of sp³-hybridized carbons (Fsp3) is 0.833. The van der Waals surface area contributed by atoms with E-state index in [0.717, 1.165) is 58.8 Å². The van der Waals surface area contributed by atoms with Crippen LogP contribution in [0.25, 0.3) is 0 Å². The van der Waals surface area contributed by atoms with Gasteiger partial charge in [0.1, 0.15) is 0 Å². The monoisotopic (exact) mass is 489 g/mol. The zero-order valence-corrected chi connectivity index (χ0v) is 20.8. The van der Waals surface area contributed by atoms with Gasteiger partial charge >= 0.3 is 6.03 Å². The van der Waals surface area contributed by atoms with Gasteiger partial charge < -0.3 is 19.9 Å². The topological polar surface area (TPSA) is 102 Å². The number of imide groups is 1. The van der Waals surface area contributed by atoms with Crippen LogP contribution in [0.1, 0.15) is 61.3 Å². The Morgan fingerprint density at radius 3 is 1.47 bits per heavy atom. The predicted octanol–water partition coefficient (Wildman–Crippen LogP) is 2.28. The Morgan fingerprint density at radius 1 is 0.765 bits per heavy atom. The molecular formula is C24H51N5O5. The second-order valence-corrected chi connectivity index (χ2v) is 7.47. The van der Waals surface area contributed by atoms with Crippen LogP contribution in [-0.2, 0) is 19.1 Å². The molecule has 0 spiro atoms. The van der Waals surface area contributed by atoms with Crippen molar-refractivity contribution in [3.8, 4) is 0 Å². The number of rotatable bonds is 1. The molecule has 0 aliphatic carbocycles. The lowest BCUT2D eigenvalue weighted by molar-refractivity contribution is -0.136. The summed E-state index contributed by atoms with van der Waals surface area (Å²) < 4.78 is 5.16. The van der Waals surface area contributed by atoms with Gasteiger partial charge in [0.05, 0.1) is 13.2 Å². The third-order valence-corrected chi connectivity index (χ3v) is 5.23. The molecule has 202 valence electrons. The second-order valence-electron chi connectivity index (χ2n) is 7.47. The number of urea groups is 1. The van der Waals surface area contributed by atoms with Gasteiger partial charge in [0.25, 0.3) is 0 Å². The molecule has 4 aliphatic rings. The lowest BCUT2D eigenvalue weighted by atomic mass is 10.4. The summed E-state index contributed by atoms with van der Waals surface area (Å²) in [5.74, 6) is 0.171. The first kappa shape index (κ1) is 36.4.